The van der Waals surface area contributed by atoms with Crippen LogP contribution in [0.2, 0.25) is 0 Å². The van der Waals surface area contributed by atoms with Crippen LogP contribution in [-0.2, 0) is 28.8 Å². The van der Waals surface area contributed by atoms with E-state index in [1.54, 1.807) is 0 Å². The fraction of sp³-hybridized carbons (Fsp3) is 0.500. The molecule has 0 aromatic carbocycles. The van der Waals surface area contributed by atoms with Gasteiger partial charge in [-0.25, -0.2) is 0 Å². The van der Waals surface area contributed by atoms with Crippen molar-refractivity contribution in [1.82, 2.24) is 0 Å². The molecule has 0 aromatic rings. The minimum Gasteiger partial charge on any atom is -0.481 e. The number of hydrogen-bond donors (Lipinski definition) is 6. The number of aliphatic carboxylic acids is 6. The molecule has 0 aromatic heterocycles. The topological polar surface area (TPSA) is 224 Å². The van der Waals surface area contributed by atoms with E-state index < -0.39 is 35.8 Å². The summed E-state index contributed by atoms with van der Waals surface area (Å²) in [5, 5.41) is 47.4. The molecule has 0 saturated heterocycles. The predicted octanol–water partition coefficient (Wildman–Crippen LogP) is -0.193. The van der Waals surface area contributed by atoms with Crippen molar-refractivity contribution in [3.8, 4) is 0 Å². The molecule has 0 unspecified atom stereocenters. The SMILES string of the molecule is O=C(O)CCC(=O)O.O=C(O)CCC(=O)O.O=C(O)CCC(=O)O.[Ho].[Ho]. The van der Waals surface area contributed by atoms with E-state index in [2.05, 4.69) is 0 Å². The summed E-state index contributed by atoms with van der Waals surface area (Å²) in [5.41, 5.74) is 0. The van der Waals surface area contributed by atoms with Crippen LogP contribution >= 0.6 is 0 Å². The maximum atomic E-state index is 9.64. The summed E-state index contributed by atoms with van der Waals surface area (Å²) in [5.74, 6) is -6.46. The van der Waals surface area contributed by atoms with E-state index >= 15 is 0 Å². The molecule has 0 rings (SSSR count). The molecule has 0 bridgehead atoms. The molecular formula is C12H18Ho2O12. The van der Waals surface area contributed by atoms with E-state index in [0.29, 0.717) is 0 Å². The first-order valence-corrected chi connectivity index (χ1v) is 6.19. The molecule has 0 saturated carbocycles. The van der Waals surface area contributed by atoms with Gasteiger partial charge in [-0.15, -0.1) is 0 Å². The van der Waals surface area contributed by atoms with Gasteiger partial charge in [-0.3, -0.25) is 28.8 Å². The second-order valence-electron chi connectivity index (χ2n) is 3.86. The zero-order chi connectivity index (χ0) is 19.7. The van der Waals surface area contributed by atoms with Crippen molar-refractivity contribution in [2.45, 2.75) is 38.5 Å². The van der Waals surface area contributed by atoms with Crippen molar-refractivity contribution in [1.29, 1.82) is 0 Å². The van der Waals surface area contributed by atoms with Crippen molar-refractivity contribution in [2.75, 3.05) is 0 Å². The predicted molar refractivity (Wildman–Crippen MR) is 73.5 cm³/mol. The van der Waals surface area contributed by atoms with Crippen molar-refractivity contribution < 1.29 is 135 Å². The van der Waals surface area contributed by atoms with E-state index in [0.717, 1.165) is 0 Å². The van der Waals surface area contributed by atoms with E-state index in [1.807, 2.05) is 0 Å². The number of hydrogen-bond acceptors (Lipinski definition) is 6. The Kier molecular flexibility index (Phi) is 34.0. The third kappa shape index (κ3) is 56.6. The summed E-state index contributed by atoms with van der Waals surface area (Å²) in [7, 11) is 0. The van der Waals surface area contributed by atoms with Gasteiger partial charge in [0.15, 0.2) is 0 Å². The molecule has 0 spiro atoms. The second-order valence-corrected chi connectivity index (χ2v) is 3.86. The standard InChI is InChI=1S/3C4H6O4.2Ho/c3*5-3(6)1-2-4(7)8;;/h3*1-2H2,(H,5,6)(H,7,8);;. The number of carboxylic acids is 6. The maximum absolute atomic E-state index is 9.64. The molecule has 0 atom stereocenters. The van der Waals surface area contributed by atoms with Crippen LogP contribution in [0.15, 0.2) is 0 Å². The van der Waals surface area contributed by atoms with Gasteiger partial charge in [-0.1, -0.05) is 0 Å². The molecule has 6 N–H and O–H groups in total. The Hall–Kier alpha value is -0.661. The minimum atomic E-state index is -1.08. The Labute approximate surface area is 207 Å². The maximum Gasteiger partial charge on any atom is 0.303 e. The van der Waals surface area contributed by atoms with Gasteiger partial charge in [0.05, 0.1) is 38.5 Å². The molecule has 0 heterocycles. The van der Waals surface area contributed by atoms with Crippen LogP contribution in [-0.4, -0.2) is 66.5 Å². The Morgan fingerprint density at radius 2 is 0.423 bits per heavy atom. The zero-order valence-electron chi connectivity index (χ0n) is 13.0. The normalized spacial score (nSPS) is 7.85. The van der Waals surface area contributed by atoms with Gasteiger partial charge in [-0.2, -0.15) is 0 Å². The minimum absolute atomic E-state index is 0. The molecule has 12 nitrogen and oxygen atoms in total. The van der Waals surface area contributed by atoms with Crippen molar-refractivity contribution in [3.05, 3.63) is 0 Å². The van der Waals surface area contributed by atoms with Crippen molar-refractivity contribution in [2.24, 2.45) is 0 Å². The first-order chi connectivity index (χ1) is 10.9. The molecule has 14 heteroatoms. The average molecular weight is 684 g/mol. The van der Waals surface area contributed by atoms with Gasteiger partial charge in [0.25, 0.3) is 0 Å². The van der Waals surface area contributed by atoms with Gasteiger partial charge >= 0.3 is 35.8 Å². The molecule has 160 valence electrons. The Bertz CT molecular complexity index is 355. The van der Waals surface area contributed by atoms with Crippen LogP contribution in [0.5, 0.6) is 0 Å². The van der Waals surface area contributed by atoms with Gasteiger partial charge < -0.3 is 30.6 Å². The third-order valence-electron chi connectivity index (χ3n) is 1.66. The fourth-order valence-corrected chi connectivity index (χ4v) is 0.642. The molecule has 0 aliphatic heterocycles. The quantitative estimate of drug-likeness (QED) is 0.174. The molecule has 0 aliphatic rings. The monoisotopic (exact) mass is 684 g/mol. The number of carbonyl (C=O) groups is 6. The Balaban J connectivity index is -0.0000000817. The van der Waals surface area contributed by atoms with Crippen LogP contribution in [0.3, 0.4) is 0 Å². The summed E-state index contributed by atoms with van der Waals surface area (Å²) in [6, 6.07) is 0. The first kappa shape index (κ1) is 36.3. The molecular weight excluding hydrogens is 666 g/mol. The zero-order valence-corrected chi connectivity index (χ0v) is 16.8. The van der Waals surface area contributed by atoms with Gasteiger partial charge in [0, 0.05) is 75.5 Å². The van der Waals surface area contributed by atoms with Crippen LogP contribution in [0.25, 0.3) is 0 Å². The summed E-state index contributed by atoms with van der Waals surface area (Å²) in [6.07, 6.45) is -1.78. The smallest absolute Gasteiger partial charge is 0.303 e. The Morgan fingerprint density at radius 1 is 0.346 bits per heavy atom. The largest absolute Gasteiger partial charge is 0.481 e. The first-order valence-electron chi connectivity index (χ1n) is 6.19. The molecule has 0 amide bonds. The molecule has 26 heavy (non-hydrogen) atoms. The Morgan fingerprint density at radius 3 is 0.462 bits per heavy atom. The average Bonchev–Trinajstić information content (AvgIpc) is 2.42. The van der Waals surface area contributed by atoms with Crippen molar-refractivity contribution in [3.63, 3.8) is 0 Å². The van der Waals surface area contributed by atoms with E-state index in [-0.39, 0.29) is 114 Å². The fourth-order valence-electron chi connectivity index (χ4n) is 0.642. The van der Waals surface area contributed by atoms with Crippen molar-refractivity contribution >= 4 is 35.8 Å². The number of carboxylic acid groups (broad SMARTS) is 6. The van der Waals surface area contributed by atoms with Gasteiger partial charge in [0.2, 0.25) is 0 Å². The van der Waals surface area contributed by atoms with Crippen LogP contribution in [0, 0.1) is 75.5 Å². The third-order valence-corrected chi connectivity index (χ3v) is 1.66. The summed E-state index contributed by atoms with van der Waals surface area (Å²) in [4.78, 5) is 57.8. The van der Waals surface area contributed by atoms with Crippen LogP contribution in [0.4, 0.5) is 0 Å². The van der Waals surface area contributed by atoms with E-state index in [1.165, 1.54) is 0 Å². The molecule has 2 radical (unpaired) electrons. The van der Waals surface area contributed by atoms with Gasteiger partial charge in [-0.05, 0) is 0 Å². The second kappa shape index (κ2) is 24.3. The van der Waals surface area contributed by atoms with Crippen LogP contribution < -0.4 is 0 Å². The summed E-state index contributed by atoms with van der Waals surface area (Å²) >= 11 is 0. The number of rotatable bonds is 9. The van der Waals surface area contributed by atoms with Crippen LogP contribution in [0.1, 0.15) is 38.5 Å². The molecule has 0 aliphatic carbocycles. The molecule has 0 fully saturated rings. The summed E-state index contributed by atoms with van der Waals surface area (Å²) in [6.45, 7) is 0. The van der Waals surface area contributed by atoms with E-state index in [4.69, 9.17) is 30.6 Å². The van der Waals surface area contributed by atoms with Gasteiger partial charge in [0.1, 0.15) is 0 Å². The van der Waals surface area contributed by atoms with E-state index in [9.17, 15) is 28.8 Å². The summed E-state index contributed by atoms with van der Waals surface area (Å²) < 4.78 is 0.